The van der Waals surface area contributed by atoms with Crippen molar-refractivity contribution in [2.75, 3.05) is 13.1 Å². The van der Waals surface area contributed by atoms with Crippen LogP contribution in [0.5, 0.6) is 0 Å². The maximum atomic E-state index is 3.61. The van der Waals surface area contributed by atoms with E-state index in [1.165, 1.54) is 38.8 Å². The molecular formula is C13H26N2. The minimum absolute atomic E-state index is 0.713. The van der Waals surface area contributed by atoms with Crippen LogP contribution in [0, 0.1) is 5.92 Å². The molecule has 1 saturated heterocycles. The van der Waals surface area contributed by atoms with Gasteiger partial charge in [0.1, 0.15) is 0 Å². The number of nitrogens with zero attached hydrogens (tertiary/aromatic N) is 1. The summed E-state index contributed by atoms with van der Waals surface area (Å²) < 4.78 is 0. The molecule has 15 heavy (non-hydrogen) atoms. The Hall–Kier alpha value is -0.0800. The molecule has 1 atom stereocenters. The average Bonchev–Trinajstić information content (AvgIpc) is 2.61. The van der Waals surface area contributed by atoms with Crippen molar-refractivity contribution in [2.45, 2.75) is 64.6 Å². The predicted molar refractivity (Wildman–Crippen MR) is 65.1 cm³/mol. The third kappa shape index (κ3) is 2.73. The quantitative estimate of drug-likeness (QED) is 0.765. The molecule has 2 rings (SSSR count). The molecule has 2 heteroatoms. The largest absolute Gasteiger partial charge is 0.313 e. The van der Waals surface area contributed by atoms with E-state index in [4.69, 9.17) is 0 Å². The van der Waals surface area contributed by atoms with Crippen LogP contribution in [0.4, 0.5) is 0 Å². The molecule has 1 aliphatic carbocycles. The van der Waals surface area contributed by atoms with Crippen LogP contribution in [0.3, 0.4) is 0 Å². The third-order valence-corrected chi connectivity index (χ3v) is 4.07. The van der Waals surface area contributed by atoms with Gasteiger partial charge < -0.3 is 5.32 Å². The van der Waals surface area contributed by atoms with Gasteiger partial charge in [-0.25, -0.2) is 0 Å². The zero-order valence-electron chi connectivity index (χ0n) is 10.5. The van der Waals surface area contributed by atoms with E-state index in [0.717, 1.165) is 18.0 Å². The van der Waals surface area contributed by atoms with Gasteiger partial charge in [0.2, 0.25) is 0 Å². The number of nitrogens with one attached hydrogen (secondary N) is 1. The summed E-state index contributed by atoms with van der Waals surface area (Å²) in [5, 5.41) is 3.61. The van der Waals surface area contributed by atoms with Crippen molar-refractivity contribution in [3.8, 4) is 0 Å². The first-order valence-corrected chi connectivity index (χ1v) is 6.66. The Morgan fingerprint density at radius 2 is 2.07 bits per heavy atom. The zero-order valence-corrected chi connectivity index (χ0v) is 10.5. The lowest BCUT2D eigenvalue weighted by molar-refractivity contribution is 0.0529. The molecule has 2 nitrogen and oxygen atoms in total. The Morgan fingerprint density at radius 1 is 1.33 bits per heavy atom. The first kappa shape index (κ1) is 11.4. The highest BCUT2D eigenvalue weighted by Crippen LogP contribution is 2.32. The molecule has 0 aromatic heterocycles. The fraction of sp³-hybridized carbons (Fsp3) is 1.00. The highest BCUT2D eigenvalue weighted by atomic mass is 15.2. The van der Waals surface area contributed by atoms with Crippen LogP contribution in [0.25, 0.3) is 0 Å². The van der Waals surface area contributed by atoms with Crippen LogP contribution in [-0.4, -0.2) is 36.1 Å². The maximum Gasteiger partial charge on any atom is 0.0195 e. The van der Waals surface area contributed by atoms with Crippen molar-refractivity contribution < 1.29 is 0 Å². The SMILES string of the molecule is CC1CC(N(CC2CCCN2)C(C)C)C1. The summed E-state index contributed by atoms with van der Waals surface area (Å²) in [6.07, 6.45) is 5.60. The molecule has 1 aliphatic heterocycles. The number of hydrogen-bond donors (Lipinski definition) is 1. The third-order valence-electron chi connectivity index (χ3n) is 4.07. The monoisotopic (exact) mass is 210 g/mol. The molecule has 2 fully saturated rings. The molecule has 0 aromatic carbocycles. The predicted octanol–water partition coefficient (Wildman–Crippen LogP) is 2.25. The molecule has 2 aliphatic rings. The molecule has 1 heterocycles. The van der Waals surface area contributed by atoms with Crippen molar-refractivity contribution >= 4 is 0 Å². The molecular weight excluding hydrogens is 184 g/mol. The normalized spacial score (nSPS) is 36.2. The van der Waals surface area contributed by atoms with E-state index in [1.54, 1.807) is 0 Å². The van der Waals surface area contributed by atoms with Crippen LogP contribution in [0.2, 0.25) is 0 Å². The van der Waals surface area contributed by atoms with E-state index in [0.29, 0.717) is 6.04 Å². The van der Waals surface area contributed by atoms with Crippen molar-refractivity contribution in [3.63, 3.8) is 0 Å². The molecule has 1 N–H and O–H groups in total. The Balaban J connectivity index is 1.83. The Labute approximate surface area is 94.4 Å². The van der Waals surface area contributed by atoms with Gasteiger partial charge in [-0.3, -0.25) is 4.90 Å². The lowest BCUT2D eigenvalue weighted by Gasteiger charge is -2.45. The summed E-state index contributed by atoms with van der Waals surface area (Å²) in [5.41, 5.74) is 0. The average molecular weight is 210 g/mol. The van der Waals surface area contributed by atoms with Crippen molar-refractivity contribution in [3.05, 3.63) is 0 Å². The maximum absolute atomic E-state index is 3.61. The van der Waals surface area contributed by atoms with E-state index >= 15 is 0 Å². The van der Waals surface area contributed by atoms with E-state index in [-0.39, 0.29) is 0 Å². The lowest BCUT2D eigenvalue weighted by Crippen LogP contribution is -2.51. The van der Waals surface area contributed by atoms with Crippen LogP contribution in [-0.2, 0) is 0 Å². The van der Waals surface area contributed by atoms with Crippen LogP contribution in [0.1, 0.15) is 46.5 Å². The highest BCUT2D eigenvalue weighted by Gasteiger charge is 2.33. The van der Waals surface area contributed by atoms with Crippen LogP contribution >= 0.6 is 0 Å². The van der Waals surface area contributed by atoms with E-state index in [2.05, 4.69) is 31.0 Å². The summed E-state index contributed by atoms with van der Waals surface area (Å²) in [5.74, 6) is 0.966. The van der Waals surface area contributed by atoms with Crippen LogP contribution in [0.15, 0.2) is 0 Å². The molecule has 88 valence electrons. The minimum atomic E-state index is 0.713. The summed E-state index contributed by atoms with van der Waals surface area (Å²) in [7, 11) is 0. The zero-order chi connectivity index (χ0) is 10.8. The molecule has 0 radical (unpaired) electrons. The van der Waals surface area contributed by atoms with E-state index in [1.807, 2.05) is 0 Å². The summed E-state index contributed by atoms with van der Waals surface area (Å²) in [4.78, 5) is 2.73. The molecule has 1 unspecified atom stereocenters. The Kier molecular flexibility index (Phi) is 3.68. The summed E-state index contributed by atoms with van der Waals surface area (Å²) in [6.45, 7) is 9.57. The molecule has 0 amide bonds. The molecule has 0 aromatic rings. The Bertz CT molecular complexity index is 191. The van der Waals surface area contributed by atoms with Gasteiger partial charge in [0.25, 0.3) is 0 Å². The van der Waals surface area contributed by atoms with Crippen LogP contribution < -0.4 is 5.32 Å². The first-order chi connectivity index (χ1) is 7.16. The smallest absolute Gasteiger partial charge is 0.0195 e. The van der Waals surface area contributed by atoms with Gasteiger partial charge >= 0.3 is 0 Å². The second kappa shape index (κ2) is 4.84. The van der Waals surface area contributed by atoms with Crippen molar-refractivity contribution in [1.82, 2.24) is 10.2 Å². The number of rotatable bonds is 4. The standard InChI is InChI=1S/C13H26N2/c1-10(2)15(13-7-11(3)8-13)9-12-5-4-6-14-12/h10-14H,4-9H2,1-3H3. The second-order valence-corrected chi connectivity index (χ2v) is 5.81. The molecule has 0 bridgehead atoms. The van der Waals surface area contributed by atoms with E-state index in [9.17, 15) is 0 Å². The van der Waals surface area contributed by atoms with Gasteiger partial charge in [0, 0.05) is 24.7 Å². The minimum Gasteiger partial charge on any atom is -0.313 e. The summed E-state index contributed by atoms with van der Waals surface area (Å²) >= 11 is 0. The summed E-state index contributed by atoms with van der Waals surface area (Å²) in [6, 6.07) is 2.36. The molecule has 0 spiro atoms. The Morgan fingerprint density at radius 3 is 2.53 bits per heavy atom. The topological polar surface area (TPSA) is 15.3 Å². The highest BCUT2D eigenvalue weighted by molar-refractivity contribution is 4.89. The van der Waals surface area contributed by atoms with Gasteiger partial charge in [-0.2, -0.15) is 0 Å². The van der Waals surface area contributed by atoms with E-state index < -0.39 is 0 Å². The first-order valence-electron chi connectivity index (χ1n) is 6.66. The van der Waals surface area contributed by atoms with Gasteiger partial charge in [0.15, 0.2) is 0 Å². The van der Waals surface area contributed by atoms with Crippen molar-refractivity contribution in [2.24, 2.45) is 5.92 Å². The van der Waals surface area contributed by atoms with Crippen molar-refractivity contribution in [1.29, 1.82) is 0 Å². The molecule has 1 saturated carbocycles. The van der Waals surface area contributed by atoms with Gasteiger partial charge in [-0.1, -0.05) is 6.92 Å². The van der Waals surface area contributed by atoms with Gasteiger partial charge in [0.05, 0.1) is 0 Å². The number of hydrogen-bond acceptors (Lipinski definition) is 2. The van der Waals surface area contributed by atoms with Gasteiger partial charge in [-0.05, 0) is 52.0 Å². The lowest BCUT2D eigenvalue weighted by atomic mass is 9.80. The fourth-order valence-corrected chi connectivity index (χ4v) is 3.08. The second-order valence-electron chi connectivity index (χ2n) is 5.81. The van der Waals surface area contributed by atoms with Gasteiger partial charge in [-0.15, -0.1) is 0 Å². The fourth-order valence-electron chi connectivity index (χ4n) is 3.08.